The van der Waals surface area contributed by atoms with E-state index in [0.29, 0.717) is 17.9 Å². The van der Waals surface area contributed by atoms with Crippen molar-refractivity contribution < 1.29 is 0 Å². The van der Waals surface area contributed by atoms with Crippen LogP contribution >= 0.6 is 0 Å². The molecule has 0 saturated carbocycles. The first-order valence-corrected chi connectivity index (χ1v) is 17.9. The van der Waals surface area contributed by atoms with Gasteiger partial charge in [-0.15, -0.1) is 0 Å². The van der Waals surface area contributed by atoms with Gasteiger partial charge in [-0.25, -0.2) is 0 Å². The van der Waals surface area contributed by atoms with E-state index in [9.17, 15) is 0 Å². The fourth-order valence-corrected chi connectivity index (χ4v) is 7.72. The zero-order valence-corrected chi connectivity index (χ0v) is 29.2. The summed E-state index contributed by atoms with van der Waals surface area (Å²) in [6.07, 6.45) is 11.9. The summed E-state index contributed by atoms with van der Waals surface area (Å²) in [5.41, 5.74) is 24.6. The monoisotopic (exact) mass is 686 g/mol. The van der Waals surface area contributed by atoms with Crippen LogP contribution in [-0.4, -0.2) is 21.5 Å². The number of hydrogen-bond acceptors (Lipinski definition) is 3. The van der Waals surface area contributed by atoms with Gasteiger partial charge in [0.05, 0.1) is 27.6 Å². The van der Waals surface area contributed by atoms with Gasteiger partial charge >= 0.3 is 0 Å². The van der Waals surface area contributed by atoms with E-state index in [1.807, 2.05) is 24.3 Å². The summed E-state index contributed by atoms with van der Waals surface area (Å²) in [5.74, 6) is 0.733. The van der Waals surface area contributed by atoms with E-state index in [2.05, 4.69) is 166 Å². The molecule has 0 radical (unpaired) electrons. The molecule has 0 bridgehead atoms. The molecule has 0 saturated heterocycles. The molecule has 0 fully saturated rings. The molecule has 9 rings (SSSR count). The van der Waals surface area contributed by atoms with Gasteiger partial charge in [0.1, 0.15) is 11.7 Å². The van der Waals surface area contributed by atoms with Crippen LogP contribution < -0.4 is 16.4 Å². The summed E-state index contributed by atoms with van der Waals surface area (Å²) in [7, 11) is 0. The van der Waals surface area contributed by atoms with Crippen LogP contribution in [0.3, 0.4) is 0 Å². The van der Waals surface area contributed by atoms with Crippen molar-refractivity contribution in [1.29, 1.82) is 5.41 Å². The van der Waals surface area contributed by atoms with Crippen molar-refractivity contribution >= 4 is 55.7 Å². The van der Waals surface area contributed by atoms with Crippen molar-refractivity contribution in [2.45, 2.75) is 6.42 Å². The largest absolute Gasteiger partial charge is 0.384 e. The van der Waals surface area contributed by atoms with Crippen LogP contribution in [0.5, 0.6) is 0 Å². The zero-order chi connectivity index (χ0) is 35.9. The van der Waals surface area contributed by atoms with E-state index in [-0.39, 0.29) is 5.84 Å². The summed E-state index contributed by atoms with van der Waals surface area (Å²) >= 11 is 0. The molecule has 6 nitrogen and oxygen atoms in total. The lowest BCUT2D eigenvalue weighted by molar-refractivity contribution is 1.06. The van der Waals surface area contributed by atoms with Crippen molar-refractivity contribution in [3.63, 3.8) is 0 Å². The number of fused-ring (bicyclic) bond motifs is 5. The smallest absolute Gasteiger partial charge is 0.133 e. The number of amidine groups is 1. The molecule has 0 aliphatic heterocycles. The van der Waals surface area contributed by atoms with Gasteiger partial charge in [0.25, 0.3) is 0 Å². The highest BCUT2D eigenvalue weighted by atomic mass is 15.2. The second-order valence-corrected chi connectivity index (χ2v) is 13.4. The summed E-state index contributed by atoms with van der Waals surface area (Å²) < 4.78 is 4.59. The van der Waals surface area contributed by atoms with Gasteiger partial charge in [-0.05, 0) is 77.7 Å². The van der Waals surface area contributed by atoms with Crippen LogP contribution in [0.4, 0.5) is 17.2 Å². The molecule has 0 spiro atoms. The number of para-hydroxylation sites is 3. The second-order valence-electron chi connectivity index (χ2n) is 13.4. The second kappa shape index (κ2) is 13.2. The topological polar surface area (TPSA) is 89.0 Å². The first kappa shape index (κ1) is 31.9. The molecule has 0 amide bonds. The van der Waals surface area contributed by atoms with Gasteiger partial charge in [-0.2, -0.15) is 0 Å². The third-order valence-electron chi connectivity index (χ3n) is 10.2. The Kier molecular flexibility index (Phi) is 7.97. The Morgan fingerprint density at radius 1 is 0.660 bits per heavy atom. The van der Waals surface area contributed by atoms with E-state index in [1.54, 1.807) is 0 Å². The number of nitrogens with one attached hydrogen (secondary N) is 1. The Hall–Kier alpha value is -7.05. The van der Waals surface area contributed by atoms with Crippen molar-refractivity contribution in [3.05, 3.63) is 187 Å². The molecule has 2 aromatic heterocycles. The number of nitrogens with two attached hydrogens (primary N) is 2. The molecular formula is C47H38N6. The molecule has 8 aromatic rings. The maximum absolute atomic E-state index is 7.95. The van der Waals surface area contributed by atoms with E-state index in [4.69, 9.17) is 16.9 Å². The van der Waals surface area contributed by atoms with Gasteiger partial charge in [-0.3, -0.25) is 9.98 Å². The average molecular weight is 687 g/mol. The predicted octanol–water partition coefficient (Wildman–Crippen LogP) is 10.8. The van der Waals surface area contributed by atoms with E-state index in [0.717, 1.165) is 67.6 Å². The first-order chi connectivity index (χ1) is 26.1. The van der Waals surface area contributed by atoms with Crippen LogP contribution in [0, 0.1) is 5.41 Å². The average Bonchev–Trinajstić information content (AvgIpc) is 3.55. The Morgan fingerprint density at radius 3 is 2.19 bits per heavy atom. The summed E-state index contributed by atoms with van der Waals surface area (Å²) in [5, 5.41) is 11.4. The lowest BCUT2D eigenvalue weighted by Gasteiger charge is -2.26. The van der Waals surface area contributed by atoms with Gasteiger partial charge in [0.15, 0.2) is 0 Å². The van der Waals surface area contributed by atoms with Crippen LogP contribution in [-0.2, 0) is 0 Å². The van der Waals surface area contributed by atoms with Crippen LogP contribution in [0.25, 0.3) is 55.2 Å². The van der Waals surface area contributed by atoms with Crippen molar-refractivity contribution in [1.82, 2.24) is 9.13 Å². The number of nitrogens with zero attached hydrogens (tertiary/aromatic N) is 3. The summed E-state index contributed by atoms with van der Waals surface area (Å²) in [6, 6.07) is 50.6. The molecule has 1 aliphatic carbocycles. The fraction of sp³-hybridized carbons (Fsp3) is 0.0426. The molecule has 0 unspecified atom stereocenters. The van der Waals surface area contributed by atoms with E-state index >= 15 is 0 Å². The number of aromatic nitrogens is 2. The highest BCUT2D eigenvalue weighted by Crippen LogP contribution is 2.47. The van der Waals surface area contributed by atoms with Gasteiger partial charge in [-0.1, -0.05) is 121 Å². The van der Waals surface area contributed by atoms with Crippen molar-refractivity contribution in [2.75, 3.05) is 17.2 Å². The van der Waals surface area contributed by atoms with Crippen molar-refractivity contribution in [3.8, 4) is 22.5 Å². The molecule has 5 N–H and O–H groups in total. The standard InChI is InChI=1S/C47H38N6/c48-46(49)35-17-13-16-34(30-35)33-24-26-38(27-25-33)52-41-23-12-11-22-39(41)40-28-29-42-43(44(40)52)45(47(50)53(42)37-20-9-4-10-21-37)51(36-18-7-3-8-19-36)31-32-14-5-1-2-6-15-32/h1,3-30H,2,31,50H2,(H3,48,49). The number of benzene rings is 6. The molecule has 256 valence electrons. The fourth-order valence-electron chi connectivity index (χ4n) is 7.72. The predicted molar refractivity (Wildman–Crippen MR) is 223 cm³/mol. The Morgan fingerprint density at radius 2 is 1.40 bits per heavy atom. The highest BCUT2D eigenvalue weighted by molar-refractivity contribution is 6.24. The van der Waals surface area contributed by atoms with Crippen LogP contribution in [0.15, 0.2) is 182 Å². The van der Waals surface area contributed by atoms with E-state index < -0.39 is 0 Å². The minimum atomic E-state index is 0.0580. The molecule has 6 aromatic carbocycles. The Bertz CT molecular complexity index is 2750. The molecule has 6 heteroatoms. The van der Waals surface area contributed by atoms with Crippen LogP contribution in [0.2, 0.25) is 0 Å². The van der Waals surface area contributed by atoms with Gasteiger partial charge in [0, 0.05) is 39.9 Å². The quantitative estimate of drug-likeness (QED) is 0.110. The number of nitrogen functional groups attached to an aromatic ring is 2. The Balaban J connectivity index is 1.36. The number of rotatable bonds is 8. The number of anilines is 3. The molecule has 0 atom stereocenters. The highest BCUT2D eigenvalue weighted by Gasteiger charge is 2.27. The number of hydrogen-bond donors (Lipinski definition) is 3. The maximum atomic E-state index is 7.95. The minimum absolute atomic E-state index is 0.0580. The third kappa shape index (κ3) is 5.58. The SMILES string of the molecule is N=C(N)c1cccc(-c2ccc(-n3c4ccccc4c4ccc5c(c(N(CC6=CC=CCC=C6)c6ccccc6)c(N)n5-c5ccccc5)c43)cc2)c1. The van der Waals surface area contributed by atoms with E-state index in [1.165, 1.54) is 11.0 Å². The van der Waals surface area contributed by atoms with Gasteiger partial charge < -0.3 is 20.9 Å². The van der Waals surface area contributed by atoms with Gasteiger partial charge in [0.2, 0.25) is 0 Å². The molecule has 1 aliphatic rings. The normalized spacial score (nSPS) is 12.7. The van der Waals surface area contributed by atoms with Crippen molar-refractivity contribution in [2.24, 2.45) is 5.73 Å². The molecule has 53 heavy (non-hydrogen) atoms. The Labute approximate surface area is 308 Å². The maximum Gasteiger partial charge on any atom is 0.133 e. The lowest BCUT2D eigenvalue weighted by Crippen LogP contribution is -2.21. The third-order valence-corrected chi connectivity index (χ3v) is 10.2. The minimum Gasteiger partial charge on any atom is -0.384 e. The molecule has 2 heterocycles. The van der Waals surface area contributed by atoms with Crippen LogP contribution in [0.1, 0.15) is 12.0 Å². The summed E-state index contributed by atoms with van der Waals surface area (Å²) in [6.45, 7) is 0.633. The first-order valence-electron chi connectivity index (χ1n) is 17.9. The lowest BCUT2D eigenvalue weighted by atomic mass is 10.0. The molecular weight excluding hydrogens is 649 g/mol. The summed E-state index contributed by atoms with van der Waals surface area (Å²) in [4.78, 5) is 2.37. The zero-order valence-electron chi connectivity index (χ0n) is 29.2. The number of allylic oxidation sites excluding steroid dienone is 4.